The van der Waals surface area contributed by atoms with Crippen molar-refractivity contribution in [3.8, 4) is 0 Å². The molecule has 1 unspecified atom stereocenters. The Labute approximate surface area is 274 Å². The summed E-state index contributed by atoms with van der Waals surface area (Å²) < 4.78 is 104. The molecule has 0 saturated heterocycles. The first kappa shape index (κ1) is 34.8. The number of hydrogen-bond acceptors (Lipinski definition) is 5. The minimum atomic E-state index is -3.06. The first-order valence-corrected chi connectivity index (χ1v) is 16.1. The number of anilines is 1. The van der Waals surface area contributed by atoms with Gasteiger partial charge in [0.2, 0.25) is 11.7 Å². The van der Waals surface area contributed by atoms with Gasteiger partial charge in [0.15, 0.2) is 23.3 Å². The van der Waals surface area contributed by atoms with Crippen molar-refractivity contribution < 1.29 is 44.9 Å². The second-order valence-electron chi connectivity index (χ2n) is 11.1. The highest BCUT2D eigenvalue weighted by atomic mass is 32.2. The van der Waals surface area contributed by atoms with Crippen molar-refractivity contribution in [2.75, 3.05) is 11.4 Å². The average molecular weight is 690 g/mol. The molecule has 1 fully saturated rings. The fraction of sp³-hybridized carbons (Fsp3) is 0.265. The van der Waals surface area contributed by atoms with Crippen molar-refractivity contribution in [1.82, 2.24) is 9.71 Å². The van der Waals surface area contributed by atoms with Gasteiger partial charge in [0.05, 0.1) is 24.3 Å². The van der Waals surface area contributed by atoms with Gasteiger partial charge in [0.25, 0.3) is 0 Å². The second kappa shape index (κ2) is 15.6. The zero-order valence-corrected chi connectivity index (χ0v) is 26.1. The summed E-state index contributed by atoms with van der Waals surface area (Å²) in [4.78, 5) is 29.9. The quantitative estimate of drug-likeness (QED) is 0.0782. The van der Waals surface area contributed by atoms with E-state index < -0.39 is 74.8 Å². The number of carbonyl (C=O) groups excluding carboxylic acids is 2. The molecule has 4 aromatic rings. The lowest BCUT2D eigenvalue weighted by Gasteiger charge is -2.24. The molecule has 0 radical (unpaired) electrons. The summed E-state index contributed by atoms with van der Waals surface area (Å²) in [5.74, 6) is -14.2. The van der Waals surface area contributed by atoms with Gasteiger partial charge in [-0.05, 0) is 54.2 Å². The van der Waals surface area contributed by atoms with Gasteiger partial charge in [0.1, 0.15) is 28.3 Å². The predicted molar refractivity (Wildman–Crippen MR) is 164 cm³/mol. The average Bonchev–Trinajstić information content (AvgIpc) is 3.11. The molecule has 1 aliphatic carbocycles. The van der Waals surface area contributed by atoms with Crippen LogP contribution in [-0.2, 0) is 33.7 Å². The van der Waals surface area contributed by atoms with E-state index in [0.29, 0.717) is 17.2 Å². The Kier molecular flexibility index (Phi) is 11.3. The van der Waals surface area contributed by atoms with Gasteiger partial charge in [-0.3, -0.25) is 9.78 Å². The zero-order chi connectivity index (χ0) is 34.4. The highest BCUT2D eigenvalue weighted by Gasteiger charge is 2.30. The van der Waals surface area contributed by atoms with E-state index in [1.165, 1.54) is 12.5 Å². The number of amides is 1. The van der Waals surface area contributed by atoms with Gasteiger partial charge >= 0.3 is 5.97 Å². The fourth-order valence-corrected chi connectivity index (χ4v) is 6.28. The number of pyridine rings is 1. The molecule has 1 amide bonds. The third-order valence-corrected chi connectivity index (χ3v) is 9.09. The number of hydrogen-bond donors (Lipinski definition) is 1. The summed E-state index contributed by atoms with van der Waals surface area (Å²) in [7, 11) is -3.06. The normalized spacial score (nSPS) is 14.0. The molecule has 1 saturated carbocycles. The molecule has 0 spiro atoms. The maximum absolute atomic E-state index is 15.3. The number of carbonyl (C=O) groups is 2. The molecule has 252 valence electrons. The summed E-state index contributed by atoms with van der Waals surface area (Å²) in [5.41, 5.74) is 1.59. The highest BCUT2D eigenvalue weighted by molar-refractivity contribution is 7.83. The summed E-state index contributed by atoms with van der Waals surface area (Å²) in [6.45, 7) is -1.30. The summed E-state index contributed by atoms with van der Waals surface area (Å²) in [6.07, 6.45) is 7.12. The molecule has 14 heteroatoms. The van der Waals surface area contributed by atoms with Crippen LogP contribution in [-0.4, -0.2) is 27.6 Å². The Morgan fingerprint density at radius 3 is 2.15 bits per heavy atom. The SMILES string of the molecule is O=C(OCc1ccccc1)c1ccc(N(Cc2ccc(C3CCCCC3)cn2)C(=O)CNS(=O)c2c(F)c(F)c(F)c(F)c2F)cc1F. The third-order valence-electron chi connectivity index (χ3n) is 7.95. The zero-order valence-electron chi connectivity index (χ0n) is 25.3. The van der Waals surface area contributed by atoms with Crippen LogP contribution in [0, 0.1) is 34.9 Å². The second-order valence-corrected chi connectivity index (χ2v) is 12.3. The number of ether oxygens (including phenoxy) is 1. The van der Waals surface area contributed by atoms with Crippen molar-refractivity contribution in [3.63, 3.8) is 0 Å². The molecule has 1 heterocycles. The molecule has 48 heavy (non-hydrogen) atoms. The van der Waals surface area contributed by atoms with E-state index in [9.17, 15) is 35.8 Å². The van der Waals surface area contributed by atoms with Gasteiger partial charge in [-0.15, -0.1) is 0 Å². The maximum atomic E-state index is 15.3. The number of benzene rings is 3. The first-order valence-electron chi connectivity index (χ1n) is 15.0. The number of nitrogens with zero attached hydrogens (tertiary/aromatic N) is 2. The van der Waals surface area contributed by atoms with E-state index >= 15 is 4.39 Å². The van der Waals surface area contributed by atoms with Gasteiger partial charge < -0.3 is 9.64 Å². The first-order chi connectivity index (χ1) is 23.0. The Balaban J connectivity index is 1.37. The highest BCUT2D eigenvalue weighted by Crippen LogP contribution is 2.32. The molecular formula is C34H29F6N3O4S. The largest absolute Gasteiger partial charge is 0.457 e. The van der Waals surface area contributed by atoms with Crippen molar-refractivity contribution in [1.29, 1.82) is 0 Å². The monoisotopic (exact) mass is 689 g/mol. The van der Waals surface area contributed by atoms with E-state index in [2.05, 4.69) is 4.98 Å². The van der Waals surface area contributed by atoms with Crippen LogP contribution < -0.4 is 9.62 Å². The predicted octanol–water partition coefficient (Wildman–Crippen LogP) is 7.17. The topological polar surface area (TPSA) is 88.6 Å². The smallest absolute Gasteiger partial charge is 0.341 e. The van der Waals surface area contributed by atoms with Gasteiger partial charge in [-0.2, -0.15) is 0 Å². The van der Waals surface area contributed by atoms with Crippen LogP contribution in [0.2, 0.25) is 0 Å². The molecule has 1 aliphatic rings. The van der Waals surface area contributed by atoms with Crippen LogP contribution in [0.15, 0.2) is 71.8 Å². The van der Waals surface area contributed by atoms with E-state index in [1.807, 2.05) is 10.8 Å². The molecule has 1 atom stereocenters. The minimum absolute atomic E-state index is 0.0703. The third kappa shape index (κ3) is 7.93. The van der Waals surface area contributed by atoms with Crippen LogP contribution >= 0.6 is 0 Å². The number of nitrogens with one attached hydrogen (secondary N) is 1. The van der Waals surface area contributed by atoms with Crippen molar-refractivity contribution >= 4 is 28.5 Å². The van der Waals surface area contributed by atoms with E-state index in [4.69, 9.17) is 4.74 Å². The minimum Gasteiger partial charge on any atom is -0.457 e. The van der Waals surface area contributed by atoms with E-state index in [-0.39, 0.29) is 18.8 Å². The van der Waals surface area contributed by atoms with Crippen LogP contribution in [0.25, 0.3) is 0 Å². The van der Waals surface area contributed by atoms with Crippen molar-refractivity contribution in [3.05, 3.63) is 124 Å². The van der Waals surface area contributed by atoms with Crippen LogP contribution in [0.5, 0.6) is 0 Å². The lowest BCUT2D eigenvalue weighted by atomic mass is 9.85. The Morgan fingerprint density at radius 1 is 0.854 bits per heavy atom. The summed E-state index contributed by atoms with van der Waals surface area (Å²) in [5, 5.41) is 0. The Bertz CT molecular complexity index is 1790. The molecule has 5 rings (SSSR count). The standard InChI is InChI=1S/C34H29F6N3O4S/c35-26-15-24(13-14-25(26)34(45)47-19-20-7-3-1-4-8-20)43(18-23-12-11-22(16-41-23)21-9-5-2-6-10-21)27(44)17-42-48(46)33-31(39)29(37)28(36)30(38)32(33)40/h1,3-4,7-8,11-16,21,42H,2,5-6,9-10,17-19H2. The maximum Gasteiger partial charge on any atom is 0.341 e. The van der Waals surface area contributed by atoms with Crippen molar-refractivity contribution in [2.24, 2.45) is 0 Å². The summed E-state index contributed by atoms with van der Waals surface area (Å²) in [6, 6.07) is 15.6. The molecule has 0 aliphatic heterocycles. The molecule has 1 aromatic heterocycles. The van der Waals surface area contributed by atoms with Crippen LogP contribution in [0.4, 0.5) is 32.0 Å². The molecule has 7 nitrogen and oxygen atoms in total. The Morgan fingerprint density at radius 2 is 1.52 bits per heavy atom. The van der Waals surface area contributed by atoms with Crippen LogP contribution in [0.3, 0.4) is 0 Å². The van der Waals surface area contributed by atoms with Gasteiger partial charge in [-0.25, -0.2) is 40.1 Å². The van der Waals surface area contributed by atoms with Crippen LogP contribution in [0.1, 0.15) is 65.2 Å². The van der Waals surface area contributed by atoms with Gasteiger partial charge in [0, 0.05) is 11.9 Å². The van der Waals surface area contributed by atoms with Gasteiger partial charge in [-0.1, -0.05) is 55.7 Å². The molecule has 3 aromatic carbocycles. The Hall–Kier alpha value is -4.56. The lowest BCUT2D eigenvalue weighted by molar-refractivity contribution is -0.117. The number of esters is 1. The number of halogens is 6. The molecule has 1 N–H and O–H groups in total. The molecule has 0 bridgehead atoms. The molecular weight excluding hydrogens is 660 g/mol. The fourth-order valence-electron chi connectivity index (χ4n) is 5.37. The number of rotatable bonds is 11. The van der Waals surface area contributed by atoms with E-state index in [0.717, 1.165) is 48.3 Å². The number of aromatic nitrogens is 1. The van der Waals surface area contributed by atoms with E-state index in [1.54, 1.807) is 42.6 Å². The van der Waals surface area contributed by atoms with Crippen molar-refractivity contribution in [2.45, 2.75) is 56.1 Å². The summed E-state index contributed by atoms with van der Waals surface area (Å²) >= 11 is 0. The lowest BCUT2D eigenvalue weighted by Crippen LogP contribution is -2.39.